The Labute approximate surface area is 129 Å². The Hall–Kier alpha value is -1.90. The highest BCUT2D eigenvalue weighted by atomic mass is 19.4. The molecule has 1 aliphatic rings. The van der Waals surface area contributed by atoms with Gasteiger partial charge in [-0.2, -0.15) is 13.2 Å². The zero-order valence-corrected chi connectivity index (χ0v) is 12.3. The number of anilines is 1. The first-order valence-electron chi connectivity index (χ1n) is 7.08. The first kappa shape index (κ1) is 17.5. The van der Waals surface area contributed by atoms with Crippen LogP contribution in [0, 0.1) is 11.6 Å². The third kappa shape index (κ3) is 4.10. The van der Waals surface area contributed by atoms with Gasteiger partial charge in [0.15, 0.2) is 0 Å². The highest BCUT2D eigenvalue weighted by Crippen LogP contribution is 2.34. The molecular formula is C14H16F5N3O. The average Bonchev–Trinajstić information content (AvgIpc) is 2.45. The van der Waals surface area contributed by atoms with Gasteiger partial charge in [0.25, 0.3) is 0 Å². The van der Waals surface area contributed by atoms with Crippen molar-refractivity contribution in [1.29, 1.82) is 0 Å². The normalized spacial score (nSPS) is 18.9. The van der Waals surface area contributed by atoms with Gasteiger partial charge in [-0.05, 0) is 18.6 Å². The minimum atomic E-state index is -5.14. The molecule has 9 heteroatoms. The van der Waals surface area contributed by atoms with E-state index in [0.717, 1.165) is 6.42 Å². The van der Waals surface area contributed by atoms with Crippen LogP contribution in [0.2, 0.25) is 0 Å². The van der Waals surface area contributed by atoms with Crippen molar-refractivity contribution in [2.45, 2.75) is 25.6 Å². The molecule has 1 aromatic rings. The SMILES string of the molecule is CCC1CN(C(=O)Nc2cc(F)c(C(F)(F)F)c(F)c2)CCN1. The summed E-state index contributed by atoms with van der Waals surface area (Å²) in [6.45, 7) is 3.32. The van der Waals surface area contributed by atoms with E-state index < -0.39 is 29.4 Å². The van der Waals surface area contributed by atoms with Crippen LogP contribution in [0.25, 0.3) is 0 Å². The van der Waals surface area contributed by atoms with Crippen molar-refractivity contribution in [3.05, 3.63) is 29.3 Å². The lowest BCUT2D eigenvalue weighted by Gasteiger charge is -2.33. The van der Waals surface area contributed by atoms with Crippen LogP contribution >= 0.6 is 0 Å². The second-order valence-electron chi connectivity index (χ2n) is 5.25. The Bertz CT molecular complexity index is 567. The van der Waals surface area contributed by atoms with Gasteiger partial charge >= 0.3 is 12.2 Å². The second kappa shape index (κ2) is 6.69. The van der Waals surface area contributed by atoms with Crippen LogP contribution in [0.15, 0.2) is 12.1 Å². The van der Waals surface area contributed by atoms with E-state index in [0.29, 0.717) is 31.8 Å². The van der Waals surface area contributed by atoms with Gasteiger partial charge in [-0.25, -0.2) is 13.6 Å². The van der Waals surface area contributed by atoms with Crippen molar-refractivity contribution in [2.75, 3.05) is 25.0 Å². The van der Waals surface area contributed by atoms with Crippen LogP contribution in [0.3, 0.4) is 0 Å². The lowest BCUT2D eigenvalue weighted by Crippen LogP contribution is -2.53. The second-order valence-corrected chi connectivity index (χ2v) is 5.25. The molecular weight excluding hydrogens is 321 g/mol. The molecule has 2 rings (SSSR count). The summed E-state index contributed by atoms with van der Waals surface area (Å²) in [6, 6.07) is 0.422. The van der Waals surface area contributed by atoms with Gasteiger partial charge in [0.1, 0.15) is 17.2 Å². The van der Waals surface area contributed by atoms with E-state index in [-0.39, 0.29) is 11.7 Å². The van der Waals surface area contributed by atoms with E-state index in [1.54, 1.807) is 0 Å². The molecule has 1 fully saturated rings. The number of halogens is 5. The van der Waals surface area contributed by atoms with Crippen molar-refractivity contribution >= 4 is 11.7 Å². The number of carbonyl (C=O) groups excluding carboxylic acids is 1. The number of alkyl halides is 3. The third-order valence-electron chi connectivity index (χ3n) is 3.61. The van der Waals surface area contributed by atoms with Gasteiger partial charge in [-0.1, -0.05) is 6.92 Å². The van der Waals surface area contributed by atoms with Crippen molar-refractivity contribution in [1.82, 2.24) is 10.2 Å². The lowest BCUT2D eigenvalue weighted by molar-refractivity contribution is -0.142. The predicted octanol–water partition coefficient (Wildman–Crippen LogP) is 3.20. The van der Waals surface area contributed by atoms with E-state index >= 15 is 0 Å². The van der Waals surface area contributed by atoms with Crippen LogP contribution in [-0.2, 0) is 6.18 Å². The van der Waals surface area contributed by atoms with Crippen molar-refractivity contribution < 1.29 is 26.7 Å². The van der Waals surface area contributed by atoms with E-state index in [1.165, 1.54) is 4.90 Å². The lowest BCUT2D eigenvalue weighted by atomic mass is 10.1. The molecule has 2 N–H and O–H groups in total. The molecule has 128 valence electrons. The largest absolute Gasteiger partial charge is 0.422 e. The zero-order chi connectivity index (χ0) is 17.2. The summed E-state index contributed by atoms with van der Waals surface area (Å²) in [5.74, 6) is -3.53. The molecule has 1 aromatic carbocycles. The summed E-state index contributed by atoms with van der Waals surface area (Å²) in [4.78, 5) is 13.5. The summed E-state index contributed by atoms with van der Waals surface area (Å²) >= 11 is 0. The first-order valence-corrected chi connectivity index (χ1v) is 7.08. The van der Waals surface area contributed by atoms with Gasteiger partial charge in [-0.3, -0.25) is 0 Å². The summed E-state index contributed by atoms with van der Waals surface area (Å²) < 4.78 is 64.4. The van der Waals surface area contributed by atoms with Crippen LogP contribution in [-0.4, -0.2) is 36.6 Å². The predicted molar refractivity (Wildman–Crippen MR) is 74.0 cm³/mol. The number of benzene rings is 1. The maximum atomic E-state index is 13.5. The first-order chi connectivity index (χ1) is 10.7. The highest BCUT2D eigenvalue weighted by Gasteiger charge is 2.38. The summed E-state index contributed by atoms with van der Waals surface area (Å²) in [5.41, 5.74) is -2.33. The molecule has 0 aliphatic carbocycles. The minimum Gasteiger partial charge on any atom is -0.322 e. The Morgan fingerprint density at radius 3 is 2.48 bits per heavy atom. The van der Waals surface area contributed by atoms with Gasteiger partial charge in [-0.15, -0.1) is 0 Å². The molecule has 4 nitrogen and oxygen atoms in total. The molecule has 1 unspecified atom stereocenters. The molecule has 23 heavy (non-hydrogen) atoms. The molecule has 2 amide bonds. The van der Waals surface area contributed by atoms with E-state index in [4.69, 9.17) is 0 Å². The number of nitrogens with one attached hydrogen (secondary N) is 2. The fourth-order valence-electron chi connectivity index (χ4n) is 2.40. The Kier molecular flexibility index (Phi) is 5.08. The molecule has 0 saturated carbocycles. The molecule has 1 saturated heterocycles. The Balaban J connectivity index is 2.13. The van der Waals surface area contributed by atoms with Crippen molar-refractivity contribution in [2.24, 2.45) is 0 Å². The minimum absolute atomic E-state index is 0.107. The summed E-state index contributed by atoms with van der Waals surface area (Å²) in [7, 11) is 0. The number of piperazine rings is 1. The number of rotatable bonds is 2. The fourth-order valence-corrected chi connectivity index (χ4v) is 2.40. The maximum Gasteiger partial charge on any atom is 0.422 e. The molecule has 0 aromatic heterocycles. The number of hydrogen-bond donors (Lipinski definition) is 2. The third-order valence-corrected chi connectivity index (χ3v) is 3.61. The van der Waals surface area contributed by atoms with Crippen LogP contribution < -0.4 is 10.6 Å². The van der Waals surface area contributed by atoms with E-state index in [1.807, 2.05) is 6.92 Å². The van der Waals surface area contributed by atoms with Crippen LogP contribution in [0.1, 0.15) is 18.9 Å². The van der Waals surface area contributed by atoms with Gasteiger partial charge in [0.2, 0.25) is 0 Å². The number of urea groups is 1. The Morgan fingerprint density at radius 1 is 1.35 bits per heavy atom. The van der Waals surface area contributed by atoms with Crippen molar-refractivity contribution in [3.8, 4) is 0 Å². The Morgan fingerprint density at radius 2 is 1.96 bits per heavy atom. The summed E-state index contributed by atoms with van der Waals surface area (Å²) in [6.07, 6.45) is -4.34. The zero-order valence-electron chi connectivity index (χ0n) is 12.3. The van der Waals surface area contributed by atoms with Gasteiger partial charge in [0.05, 0.1) is 0 Å². The molecule has 1 heterocycles. The average molecular weight is 337 g/mol. The van der Waals surface area contributed by atoms with Crippen LogP contribution in [0.4, 0.5) is 32.4 Å². The van der Waals surface area contributed by atoms with Gasteiger partial charge in [0, 0.05) is 31.4 Å². The summed E-state index contributed by atoms with van der Waals surface area (Å²) in [5, 5.41) is 5.42. The topological polar surface area (TPSA) is 44.4 Å². The molecule has 1 aliphatic heterocycles. The fraction of sp³-hybridized carbons (Fsp3) is 0.500. The number of hydrogen-bond acceptors (Lipinski definition) is 2. The van der Waals surface area contributed by atoms with Crippen LogP contribution in [0.5, 0.6) is 0 Å². The highest BCUT2D eigenvalue weighted by molar-refractivity contribution is 5.89. The number of amides is 2. The number of carbonyl (C=O) groups is 1. The standard InChI is InChI=1S/C14H16F5N3O/c1-2-8-7-22(4-3-20-8)13(23)21-9-5-10(15)12(11(16)6-9)14(17,18)19/h5-6,8,20H,2-4,7H2,1H3,(H,21,23). The quantitative estimate of drug-likeness (QED) is 0.814. The maximum absolute atomic E-state index is 13.5. The number of nitrogens with zero attached hydrogens (tertiary/aromatic N) is 1. The molecule has 1 atom stereocenters. The molecule has 0 bridgehead atoms. The van der Waals surface area contributed by atoms with Gasteiger partial charge < -0.3 is 15.5 Å². The monoisotopic (exact) mass is 337 g/mol. The smallest absolute Gasteiger partial charge is 0.322 e. The van der Waals surface area contributed by atoms with E-state index in [2.05, 4.69) is 10.6 Å². The van der Waals surface area contributed by atoms with E-state index in [9.17, 15) is 26.7 Å². The van der Waals surface area contributed by atoms with Crippen molar-refractivity contribution in [3.63, 3.8) is 0 Å². The molecule has 0 radical (unpaired) electrons. The molecule has 0 spiro atoms.